The number of hydrogen-bond donors (Lipinski definition) is 1. The predicted molar refractivity (Wildman–Crippen MR) is 81.4 cm³/mol. The number of piperidine rings is 1. The highest BCUT2D eigenvalue weighted by molar-refractivity contribution is 5.04. The Morgan fingerprint density at radius 2 is 1.74 bits per heavy atom. The minimum absolute atomic E-state index is 0.748. The predicted octanol–water partition coefficient (Wildman–Crippen LogP) is 3.56. The second-order valence-corrected chi connectivity index (χ2v) is 7.20. The van der Waals surface area contributed by atoms with Gasteiger partial charge in [0, 0.05) is 12.1 Å². The van der Waals surface area contributed by atoms with Gasteiger partial charge in [-0.3, -0.25) is 4.90 Å². The van der Waals surface area contributed by atoms with E-state index in [-0.39, 0.29) is 0 Å². The Bertz CT molecular complexity index is 277. The van der Waals surface area contributed by atoms with Crippen molar-refractivity contribution in [1.82, 2.24) is 10.2 Å². The fourth-order valence-electron chi connectivity index (χ4n) is 5.03. The topological polar surface area (TPSA) is 15.3 Å². The molecule has 3 aliphatic rings. The Hall–Kier alpha value is -0.0800. The van der Waals surface area contributed by atoms with Crippen molar-refractivity contribution in [2.24, 2.45) is 5.41 Å². The van der Waals surface area contributed by atoms with Crippen molar-refractivity contribution < 1.29 is 0 Å². The van der Waals surface area contributed by atoms with Gasteiger partial charge in [0.1, 0.15) is 0 Å². The first kappa shape index (κ1) is 13.9. The fraction of sp³-hybridized carbons (Fsp3) is 1.00. The number of hydrogen-bond acceptors (Lipinski definition) is 2. The zero-order valence-corrected chi connectivity index (χ0v) is 12.8. The molecule has 0 aromatic rings. The van der Waals surface area contributed by atoms with Gasteiger partial charge in [-0.05, 0) is 70.0 Å². The molecule has 3 rings (SSSR count). The van der Waals surface area contributed by atoms with Gasteiger partial charge in [-0.25, -0.2) is 0 Å². The van der Waals surface area contributed by atoms with Crippen LogP contribution in [-0.2, 0) is 0 Å². The lowest BCUT2D eigenvalue weighted by atomic mass is 9.56. The van der Waals surface area contributed by atoms with Crippen molar-refractivity contribution in [3.63, 3.8) is 0 Å². The normalized spacial score (nSPS) is 31.6. The molecule has 1 heterocycles. The molecule has 3 fully saturated rings. The quantitative estimate of drug-likeness (QED) is 0.835. The van der Waals surface area contributed by atoms with Crippen molar-refractivity contribution in [2.45, 2.75) is 83.2 Å². The van der Waals surface area contributed by atoms with E-state index in [9.17, 15) is 0 Å². The largest absolute Gasteiger partial charge is 0.317 e. The molecule has 2 nitrogen and oxygen atoms in total. The lowest BCUT2D eigenvalue weighted by Gasteiger charge is -2.58. The maximum atomic E-state index is 3.53. The summed E-state index contributed by atoms with van der Waals surface area (Å²) in [5.74, 6) is 0. The summed E-state index contributed by atoms with van der Waals surface area (Å²) in [6.45, 7) is 6.19. The Kier molecular flexibility index (Phi) is 4.48. The molecule has 2 heteroatoms. The van der Waals surface area contributed by atoms with E-state index in [1.807, 2.05) is 0 Å². The lowest BCUT2D eigenvalue weighted by Crippen LogP contribution is -2.60. The first-order valence-electron chi connectivity index (χ1n) is 8.82. The summed E-state index contributed by atoms with van der Waals surface area (Å²) < 4.78 is 0. The van der Waals surface area contributed by atoms with E-state index in [4.69, 9.17) is 0 Å². The van der Waals surface area contributed by atoms with E-state index in [1.54, 1.807) is 0 Å². The van der Waals surface area contributed by atoms with Crippen molar-refractivity contribution in [1.29, 1.82) is 0 Å². The van der Waals surface area contributed by atoms with Crippen LogP contribution < -0.4 is 5.32 Å². The Morgan fingerprint density at radius 1 is 1.00 bits per heavy atom. The number of nitrogens with one attached hydrogen (secondary N) is 1. The molecule has 2 saturated carbocycles. The van der Waals surface area contributed by atoms with Gasteiger partial charge in [0.05, 0.1) is 0 Å². The highest BCUT2D eigenvalue weighted by Crippen LogP contribution is 2.54. The molecule has 1 saturated heterocycles. The van der Waals surface area contributed by atoms with Crippen LogP contribution in [0.2, 0.25) is 0 Å². The fourth-order valence-corrected chi connectivity index (χ4v) is 5.03. The van der Waals surface area contributed by atoms with Gasteiger partial charge in [0.2, 0.25) is 0 Å². The van der Waals surface area contributed by atoms with Crippen LogP contribution in [0.25, 0.3) is 0 Å². The van der Waals surface area contributed by atoms with E-state index < -0.39 is 0 Å². The first-order chi connectivity index (χ1) is 9.36. The average Bonchev–Trinajstić information content (AvgIpc) is 2.47. The molecule has 2 aliphatic carbocycles. The van der Waals surface area contributed by atoms with Gasteiger partial charge >= 0.3 is 0 Å². The van der Waals surface area contributed by atoms with Gasteiger partial charge in [-0.1, -0.05) is 26.2 Å². The van der Waals surface area contributed by atoms with Crippen LogP contribution in [0.5, 0.6) is 0 Å². The monoisotopic (exact) mass is 264 g/mol. The van der Waals surface area contributed by atoms with Gasteiger partial charge in [0.25, 0.3) is 0 Å². The van der Waals surface area contributed by atoms with Gasteiger partial charge in [0.15, 0.2) is 0 Å². The number of nitrogens with zero attached hydrogens (tertiary/aromatic N) is 1. The summed E-state index contributed by atoms with van der Waals surface area (Å²) in [7, 11) is 0. The molecule has 1 N–H and O–H groups in total. The molecule has 1 unspecified atom stereocenters. The molecule has 110 valence electrons. The molecule has 0 aromatic heterocycles. The minimum Gasteiger partial charge on any atom is -0.317 e. The summed E-state index contributed by atoms with van der Waals surface area (Å²) in [5.41, 5.74) is 0.748. The van der Waals surface area contributed by atoms with Crippen LogP contribution in [0, 0.1) is 5.41 Å². The van der Waals surface area contributed by atoms with Gasteiger partial charge < -0.3 is 5.32 Å². The third-order valence-corrected chi connectivity index (χ3v) is 6.13. The zero-order chi connectivity index (χ0) is 13.1. The average molecular weight is 264 g/mol. The summed E-state index contributed by atoms with van der Waals surface area (Å²) >= 11 is 0. The van der Waals surface area contributed by atoms with Crippen LogP contribution in [-0.4, -0.2) is 36.6 Å². The van der Waals surface area contributed by atoms with Crippen LogP contribution in [0.3, 0.4) is 0 Å². The molecule has 1 aliphatic heterocycles. The van der Waals surface area contributed by atoms with Gasteiger partial charge in [-0.15, -0.1) is 0 Å². The standard InChI is InChI=1S/C17H32N2/c1-2-14-19(15-7-12-18-13-8-15)16-6-11-17(16)9-4-3-5-10-17/h15-16,18H,2-14H2,1H3. The molecule has 0 amide bonds. The second kappa shape index (κ2) is 6.13. The Labute approximate surface area is 119 Å². The molecule has 1 atom stereocenters. The maximum Gasteiger partial charge on any atom is 0.0155 e. The SMILES string of the molecule is CCCN(C1CCNCC1)C1CCC12CCCCC2. The Balaban J connectivity index is 1.68. The van der Waals surface area contributed by atoms with E-state index in [1.165, 1.54) is 83.8 Å². The lowest BCUT2D eigenvalue weighted by molar-refractivity contribution is -0.0751. The van der Waals surface area contributed by atoms with E-state index in [0.29, 0.717) is 0 Å². The van der Waals surface area contributed by atoms with Crippen LogP contribution in [0.4, 0.5) is 0 Å². The summed E-state index contributed by atoms with van der Waals surface area (Å²) in [6.07, 6.45) is 14.7. The van der Waals surface area contributed by atoms with Crippen LogP contribution in [0.1, 0.15) is 71.1 Å². The van der Waals surface area contributed by atoms with Crippen molar-refractivity contribution >= 4 is 0 Å². The zero-order valence-electron chi connectivity index (χ0n) is 12.8. The van der Waals surface area contributed by atoms with Crippen molar-refractivity contribution in [3.8, 4) is 0 Å². The molecular formula is C17H32N2. The third-order valence-electron chi connectivity index (χ3n) is 6.13. The van der Waals surface area contributed by atoms with Crippen molar-refractivity contribution in [3.05, 3.63) is 0 Å². The minimum atomic E-state index is 0.748. The highest BCUT2D eigenvalue weighted by atomic mass is 15.2. The summed E-state index contributed by atoms with van der Waals surface area (Å²) in [5, 5.41) is 3.53. The highest BCUT2D eigenvalue weighted by Gasteiger charge is 2.50. The van der Waals surface area contributed by atoms with E-state index >= 15 is 0 Å². The molecule has 0 radical (unpaired) electrons. The van der Waals surface area contributed by atoms with E-state index in [2.05, 4.69) is 17.1 Å². The third kappa shape index (κ3) is 2.71. The Morgan fingerprint density at radius 3 is 2.32 bits per heavy atom. The number of rotatable bonds is 4. The van der Waals surface area contributed by atoms with E-state index in [0.717, 1.165) is 17.5 Å². The molecule has 19 heavy (non-hydrogen) atoms. The smallest absolute Gasteiger partial charge is 0.0155 e. The van der Waals surface area contributed by atoms with Crippen LogP contribution in [0.15, 0.2) is 0 Å². The molecule has 0 bridgehead atoms. The van der Waals surface area contributed by atoms with Crippen molar-refractivity contribution in [2.75, 3.05) is 19.6 Å². The maximum absolute atomic E-state index is 3.53. The first-order valence-corrected chi connectivity index (χ1v) is 8.82. The van der Waals surface area contributed by atoms with Gasteiger partial charge in [-0.2, -0.15) is 0 Å². The molecule has 1 spiro atoms. The second-order valence-electron chi connectivity index (χ2n) is 7.20. The summed E-state index contributed by atoms with van der Waals surface area (Å²) in [6, 6.07) is 1.82. The summed E-state index contributed by atoms with van der Waals surface area (Å²) in [4.78, 5) is 2.95. The molecular weight excluding hydrogens is 232 g/mol. The molecule has 0 aromatic carbocycles. The van der Waals surface area contributed by atoms with Crippen LogP contribution >= 0.6 is 0 Å².